The number of carbonyl (C=O) groups excluding carboxylic acids is 2. The number of carbonyl (C=O) groups is 3. The summed E-state index contributed by atoms with van der Waals surface area (Å²) in [5, 5.41) is 12.0. The van der Waals surface area contributed by atoms with Gasteiger partial charge in [0.25, 0.3) is 0 Å². The maximum Gasteiger partial charge on any atom is 0.329 e. The van der Waals surface area contributed by atoms with Crippen LogP contribution in [0.25, 0.3) is 0 Å². The lowest BCUT2D eigenvalue weighted by atomic mass is 9.76. The summed E-state index contributed by atoms with van der Waals surface area (Å²) in [6.45, 7) is 1.24. The Hall–Kier alpha value is -1.59. The van der Waals surface area contributed by atoms with Gasteiger partial charge in [-0.1, -0.05) is 0 Å². The van der Waals surface area contributed by atoms with Crippen LogP contribution in [-0.2, 0) is 14.4 Å². The van der Waals surface area contributed by atoms with Crippen LogP contribution in [0.2, 0.25) is 0 Å². The van der Waals surface area contributed by atoms with Crippen LogP contribution < -0.4 is 5.32 Å². The zero-order valence-corrected chi connectivity index (χ0v) is 12.1. The minimum absolute atomic E-state index is 0.157. The summed E-state index contributed by atoms with van der Waals surface area (Å²) in [5.41, 5.74) is -1.03. The summed E-state index contributed by atoms with van der Waals surface area (Å²) < 4.78 is 0. The smallest absolute Gasteiger partial charge is 0.329 e. The second-order valence-corrected chi connectivity index (χ2v) is 6.60. The molecular weight excluding hydrogens is 272 g/mol. The van der Waals surface area contributed by atoms with Gasteiger partial charge >= 0.3 is 5.97 Å². The topological polar surface area (TPSA) is 86.7 Å². The number of amides is 2. The number of carboxylic acids is 1. The fourth-order valence-corrected chi connectivity index (χ4v) is 3.21. The molecule has 3 aliphatic rings. The summed E-state index contributed by atoms with van der Waals surface area (Å²) >= 11 is 0. The second-order valence-electron chi connectivity index (χ2n) is 6.60. The number of piperidine rings is 1. The highest BCUT2D eigenvalue weighted by atomic mass is 16.4. The van der Waals surface area contributed by atoms with Crippen molar-refractivity contribution in [3.8, 4) is 0 Å². The van der Waals surface area contributed by atoms with E-state index in [1.807, 2.05) is 4.90 Å². The monoisotopic (exact) mass is 294 g/mol. The fraction of sp³-hybridized carbons (Fsp3) is 0.800. The molecule has 0 spiro atoms. The lowest BCUT2D eigenvalue weighted by Gasteiger charge is -2.40. The van der Waals surface area contributed by atoms with Crippen molar-refractivity contribution in [1.29, 1.82) is 0 Å². The van der Waals surface area contributed by atoms with E-state index in [9.17, 15) is 19.5 Å². The molecule has 0 radical (unpaired) electrons. The molecule has 0 aromatic carbocycles. The van der Waals surface area contributed by atoms with Gasteiger partial charge in [-0.2, -0.15) is 0 Å². The first kappa shape index (κ1) is 14.4. The number of rotatable bonds is 4. The highest BCUT2D eigenvalue weighted by molar-refractivity contribution is 5.89. The SMILES string of the molecule is O=C(NC1(C(=O)O)CCC1)C1CCN(C(=O)C2CC2)CC1. The first-order valence-corrected chi connectivity index (χ1v) is 7.86. The Bertz CT molecular complexity index is 460. The molecule has 0 aromatic rings. The van der Waals surface area contributed by atoms with Crippen molar-refractivity contribution in [3.05, 3.63) is 0 Å². The van der Waals surface area contributed by atoms with Gasteiger partial charge < -0.3 is 15.3 Å². The van der Waals surface area contributed by atoms with Crippen molar-refractivity contribution in [2.45, 2.75) is 50.5 Å². The standard InChI is InChI=1S/C15H22N2O4/c18-12(16-15(14(20)21)6-1-7-15)10-4-8-17(9-5-10)13(19)11-2-3-11/h10-11H,1-9H2,(H,16,18)(H,20,21). The van der Waals surface area contributed by atoms with Gasteiger partial charge in [0.05, 0.1) is 0 Å². The van der Waals surface area contributed by atoms with Gasteiger partial charge in [0.15, 0.2) is 0 Å². The van der Waals surface area contributed by atoms with E-state index in [0.717, 1.165) is 19.3 Å². The van der Waals surface area contributed by atoms with Gasteiger partial charge in [-0.05, 0) is 44.9 Å². The molecule has 2 amide bonds. The van der Waals surface area contributed by atoms with Crippen molar-refractivity contribution in [3.63, 3.8) is 0 Å². The lowest BCUT2D eigenvalue weighted by Crippen LogP contribution is -2.60. The number of likely N-dealkylation sites (tertiary alicyclic amines) is 1. The first-order valence-electron chi connectivity index (χ1n) is 7.86. The number of nitrogens with zero attached hydrogens (tertiary/aromatic N) is 1. The molecule has 0 unspecified atom stereocenters. The maximum atomic E-state index is 12.3. The molecule has 6 heteroatoms. The third-order valence-electron chi connectivity index (χ3n) is 5.08. The minimum atomic E-state index is -1.03. The molecule has 0 aromatic heterocycles. The van der Waals surface area contributed by atoms with Crippen LogP contribution in [0.5, 0.6) is 0 Å². The van der Waals surface area contributed by atoms with E-state index in [2.05, 4.69) is 5.32 Å². The fourth-order valence-electron chi connectivity index (χ4n) is 3.21. The predicted molar refractivity (Wildman–Crippen MR) is 74.4 cm³/mol. The molecule has 1 heterocycles. The molecular formula is C15H22N2O4. The van der Waals surface area contributed by atoms with E-state index in [1.165, 1.54) is 0 Å². The van der Waals surface area contributed by atoms with Gasteiger partial charge in [0.1, 0.15) is 5.54 Å². The molecule has 2 aliphatic carbocycles. The Balaban J connectivity index is 1.50. The van der Waals surface area contributed by atoms with Crippen LogP contribution in [0.15, 0.2) is 0 Å². The van der Waals surface area contributed by atoms with Crippen LogP contribution in [0.4, 0.5) is 0 Å². The summed E-state index contributed by atoms with van der Waals surface area (Å²) in [5.74, 6) is -0.792. The van der Waals surface area contributed by atoms with Crippen LogP contribution in [-0.4, -0.2) is 46.4 Å². The van der Waals surface area contributed by atoms with Gasteiger partial charge in [-0.25, -0.2) is 4.79 Å². The molecule has 2 saturated carbocycles. The van der Waals surface area contributed by atoms with Crippen molar-refractivity contribution in [1.82, 2.24) is 10.2 Å². The molecule has 3 fully saturated rings. The van der Waals surface area contributed by atoms with E-state index in [4.69, 9.17) is 0 Å². The largest absolute Gasteiger partial charge is 0.480 e. The average Bonchev–Trinajstić information content (AvgIpc) is 3.26. The van der Waals surface area contributed by atoms with Gasteiger partial charge in [0, 0.05) is 24.9 Å². The maximum absolute atomic E-state index is 12.3. The molecule has 21 heavy (non-hydrogen) atoms. The van der Waals surface area contributed by atoms with Crippen molar-refractivity contribution >= 4 is 17.8 Å². The molecule has 3 rings (SSSR count). The highest BCUT2D eigenvalue weighted by Gasteiger charge is 2.46. The van der Waals surface area contributed by atoms with Crippen LogP contribution in [0.1, 0.15) is 44.9 Å². The summed E-state index contributed by atoms with van der Waals surface area (Å²) in [7, 11) is 0. The van der Waals surface area contributed by atoms with E-state index in [1.54, 1.807) is 0 Å². The number of hydrogen-bond acceptors (Lipinski definition) is 3. The zero-order chi connectivity index (χ0) is 15.0. The average molecular weight is 294 g/mol. The van der Waals surface area contributed by atoms with Crippen LogP contribution >= 0.6 is 0 Å². The van der Waals surface area contributed by atoms with Crippen molar-refractivity contribution in [2.75, 3.05) is 13.1 Å². The zero-order valence-electron chi connectivity index (χ0n) is 12.1. The van der Waals surface area contributed by atoms with Crippen molar-refractivity contribution < 1.29 is 19.5 Å². The Morgan fingerprint density at radius 2 is 1.62 bits per heavy atom. The molecule has 1 saturated heterocycles. The quantitative estimate of drug-likeness (QED) is 0.801. The Morgan fingerprint density at radius 3 is 2.05 bits per heavy atom. The molecule has 1 aliphatic heterocycles. The molecule has 2 N–H and O–H groups in total. The Labute approximate surface area is 123 Å². The van der Waals surface area contributed by atoms with Crippen LogP contribution in [0.3, 0.4) is 0 Å². The minimum Gasteiger partial charge on any atom is -0.480 e. The molecule has 0 atom stereocenters. The van der Waals surface area contributed by atoms with Gasteiger partial charge in [-0.3, -0.25) is 9.59 Å². The lowest BCUT2D eigenvalue weighted by molar-refractivity contribution is -0.152. The van der Waals surface area contributed by atoms with E-state index in [-0.39, 0.29) is 23.7 Å². The Kier molecular flexibility index (Phi) is 3.63. The third-order valence-corrected chi connectivity index (χ3v) is 5.08. The first-order chi connectivity index (χ1) is 10.0. The summed E-state index contributed by atoms with van der Waals surface area (Å²) in [6.07, 6.45) is 5.17. The van der Waals surface area contributed by atoms with Crippen molar-refractivity contribution in [2.24, 2.45) is 11.8 Å². The molecule has 6 nitrogen and oxygen atoms in total. The highest BCUT2D eigenvalue weighted by Crippen LogP contribution is 2.34. The van der Waals surface area contributed by atoms with E-state index in [0.29, 0.717) is 38.8 Å². The molecule has 0 bridgehead atoms. The normalized spacial score (nSPS) is 25.0. The van der Waals surface area contributed by atoms with Gasteiger partial charge in [-0.15, -0.1) is 0 Å². The van der Waals surface area contributed by atoms with E-state index >= 15 is 0 Å². The second kappa shape index (κ2) is 5.31. The Morgan fingerprint density at radius 1 is 1.00 bits per heavy atom. The van der Waals surface area contributed by atoms with Gasteiger partial charge in [0.2, 0.25) is 11.8 Å². The molecule has 116 valence electrons. The number of nitrogens with one attached hydrogen (secondary N) is 1. The number of carboxylic acid groups (broad SMARTS) is 1. The number of hydrogen-bond donors (Lipinski definition) is 2. The summed E-state index contributed by atoms with van der Waals surface area (Å²) in [6, 6.07) is 0. The van der Waals surface area contributed by atoms with E-state index < -0.39 is 11.5 Å². The van der Waals surface area contributed by atoms with Crippen LogP contribution in [0, 0.1) is 11.8 Å². The third kappa shape index (κ3) is 2.76. The summed E-state index contributed by atoms with van der Waals surface area (Å²) in [4.78, 5) is 37.4. The number of aliphatic carboxylic acids is 1. The predicted octanol–water partition coefficient (Wildman–Crippen LogP) is 0.758.